The van der Waals surface area contributed by atoms with Crippen molar-refractivity contribution in [3.63, 3.8) is 0 Å². The molecular weight excluding hydrogens is 180 g/mol. The van der Waals surface area contributed by atoms with Gasteiger partial charge in [-0.1, -0.05) is 13.3 Å². The second-order valence-corrected chi connectivity index (χ2v) is 2.90. The number of carbonyl (C=O) groups excluding carboxylic acids is 1. The normalized spacial score (nSPS) is 9.79. The predicted octanol–water partition coefficient (Wildman–Crippen LogP) is 0.788. The van der Waals surface area contributed by atoms with Crippen molar-refractivity contribution in [2.45, 2.75) is 19.8 Å². The number of rotatable bonds is 5. The number of hydrogen-bond acceptors (Lipinski definition) is 4. The quantitative estimate of drug-likeness (QED) is 0.679. The van der Waals surface area contributed by atoms with Crippen LogP contribution in [-0.2, 0) is 0 Å². The Morgan fingerprint density at radius 1 is 1.50 bits per heavy atom. The molecule has 0 aliphatic heterocycles. The van der Waals surface area contributed by atoms with Crippen molar-refractivity contribution in [1.29, 1.82) is 0 Å². The molecule has 0 spiro atoms. The van der Waals surface area contributed by atoms with Gasteiger partial charge in [0.15, 0.2) is 11.5 Å². The summed E-state index contributed by atoms with van der Waals surface area (Å²) < 4.78 is 0. The van der Waals surface area contributed by atoms with Gasteiger partial charge < -0.3 is 11.1 Å². The highest BCUT2D eigenvalue weighted by molar-refractivity contribution is 5.95. The number of nitrogens with two attached hydrogens (primary N) is 1. The first kappa shape index (κ1) is 10.4. The summed E-state index contributed by atoms with van der Waals surface area (Å²) in [6, 6.07) is 0. The van der Waals surface area contributed by atoms with Crippen molar-refractivity contribution in [3.05, 3.63) is 18.1 Å². The Morgan fingerprint density at radius 3 is 2.86 bits per heavy atom. The Balaban J connectivity index is 2.69. The van der Waals surface area contributed by atoms with E-state index >= 15 is 0 Å². The average Bonchev–Trinajstić information content (AvgIpc) is 2.19. The maximum Gasteiger partial charge on any atom is 0.271 e. The minimum absolute atomic E-state index is 0.198. The molecule has 0 aliphatic rings. The Kier molecular flexibility index (Phi) is 3.84. The summed E-state index contributed by atoms with van der Waals surface area (Å²) in [5, 5.41) is 3.02. The van der Waals surface area contributed by atoms with Crippen LogP contribution in [0, 0.1) is 0 Å². The SMILES string of the molecule is CCCCNc1nccnc1C(N)=O. The summed E-state index contributed by atoms with van der Waals surface area (Å²) >= 11 is 0. The van der Waals surface area contributed by atoms with E-state index in [0.717, 1.165) is 19.4 Å². The lowest BCUT2D eigenvalue weighted by molar-refractivity contribution is 0.0996. The number of amides is 1. The number of nitrogens with zero attached hydrogens (tertiary/aromatic N) is 2. The fourth-order valence-corrected chi connectivity index (χ4v) is 1.03. The Labute approximate surface area is 82.7 Å². The number of unbranched alkanes of at least 4 members (excludes halogenated alkanes) is 1. The van der Waals surface area contributed by atoms with Crippen LogP contribution in [0.1, 0.15) is 30.3 Å². The van der Waals surface area contributed by atoms with Gasteiger partial charge in [0.1, 0.15) is 0 Å². The zero-order valence-electron chi connectivity index (χ0n) is 8.16. The molecule has 5 nitrogen and oxygen atoms in total. The van der Waals surface area contributed by atoms with Gasteiger partial charge in [0.25, 0.3) is 5.91 Å². The molecule has 0 saturated carbocycles. The first-order valence-corrected chi connectivity index (χ1v) is 4.60. The van der Waals surface area contributed by atoms with Crippen LogP contribution in [0.2, 0.25) is 0 Å². The zero-order chi connectivity index (χ0) is 10.4. The summed E-state index contributed by atoms with van der Waals surface area (Å²) in [7, 11) is 0. The molecule has 1 aromatic rings. The highest BCUT2D eigenvalue weighted by Gasteiger charge is 2.09. The molecule has 1 amide bonds. The highest BCUT2D eigenvalue weighted by atomic mass is 16.1. The van der Waals surface area contributed by atoms with E-state index in [1.807, 2.05) is 0 Å². The van der Waals surface area contributed by atoms with Crippen LogP contribution >= 0.6 is 0 Å². The number of carbonyl (C=O) groups is 1. The number of nitrogens with one attached hydrogen (secondary N) is 1. The standard InChI is InChI=1S/C9H14N4O/c1-2-3-4-12-9-7(8(10)14)11-5-6-13-9/h5-6H,2-4H2,1H3,(H2,10,14)(H,12,13). The van der Waals surface area contributed by atoms with E-state index in [1.165, 1.54) is 12.4 Å². The number of primary amides is 1. The molecule has 1 heterocycles. The van der Waals surface area contributed by atoms with Crippen LogP contribution in [0.5, 0.6) is 0 Å². The van der Waals surface area contributed by atoms with Crippen LogP contribution in [0.15, 0.2) is 12.4 Å². The Hall–Kier alpha value is -1.65. The molecule has 0 fully saturated rings. The van der Waals surface area contributed by atoms with Crippen LogP contribution in [0.4, 0.5) is 5.82 Å². The van der Waals surface area contributed by atoms with E-state index < -0.39 is 5.91 Å². The summed E-state index contributed by atoms with van der Waals surface area (Å²) in [6.07, 6.45) is 5.08. The fraction of sp³-hybridized carbons (Fsp3) is 0.444. The monoisotopic (exact) mass is 194 g/mol. The van der Waals surface area contributed by atoms with Crippen molar-refractivity contribution in [1.82, 2.24) is 9.97 Å². The highest BCUT2D eigenvalue weighted by Crippen LogP contribution is 2.06. The summed E-state index contributed by atoms with van der Waals surface area (Å²) in [5.41, 5.74) is 5.34. The van der Waals surface area contributed by atoms with Gasteiger partial charge in [-0.3, -0.25) is 4.79 Å². The van der Waals surface area contributed by atoms with Gasteiger partial charge in [0.2, 0.25) is 0 Å². The summed E-state index contributed by atoms with van der Waals surface area (Å²) in [4.78, 5) is 18.8. The van der Waals surface area contributed by atoms with E-state index in [0.29, 0.717) is 5.82 Å². The molecule has 0 aliphatic carbocycles. The third-order valence-electron chi connectivity index (χ3n) is 1.75. The maximum absolute atomic E-state index is 10.9. The van der Waals surface area contributed by atoms with E-state index in [1.54, 1.807) is 0 Å². The van der Waals surface area contributed by atoms with Crippen LogP contribution in [-0.4, -0.2) is 22.4 Å². The average molecular weight is 194 g/mol. The van der Waals surface area contributed by atoms with Gasteiger partial charge in [-0.25, -0.2) is 9.97 Å². The molecular formula is C9H14N4O. The lowest BCUT2D eigenvalue weighted by atomic mass is 10.3. The third kappa shape index (κ3) is 2.69. The molecule has 0 atom stereocenters. The molecule has 5 heteroatoms. The van der Waals surface area contributed by atoms with Crippen molar-refractivity contribution in [3.8, 4) is 0 Å². The minimum Gasteiger partial charge on any atom is -0.368 e. The molecule has 0 radical (unpaired) electrons. The van der Waals surface area contributed by atoms with Crippen molar-refractivity contribution in [2.24, 2.45) is 5.73 Å². The molecule has 1 aromatic heterocycles. The largest absolute Gasteiger partial charge is 0.368 e. The van der Waals surface area contributed by atoms with Crippen molar-refractivity contribution in [2.75, 3.05) is 11.9 Å². The van der Waals surface area contributed by atoms with Crippen LogP contribution < -0.4 is 11.1 Å². The van der Waals surface area contributed by atoms with Gasteiger partial charge in [-0.15, -0.1) is 0 Å². The summed E-state index contributed by atoms with van der Waals surface area (Å²) in [5.74, 6) is -0.0921. The Morgan fingerprint density at radius 2 is 2.21 bits per heavy atom. The molecule has 0 unspecified atom stereocenters. The van der Waals surface area contributed by atoms with Crippen LogP contribution in [0.3, 0.4) is 0 Å². The lowest BCUT2D eigenvalue weighted by Gasteiger charge is -2.06. The van der Waals surface area contributed by atoms with Gasteiger partial charge >= 0.3 is 0 Å². The molecule has 0 bridgehead atoms. The predicted molar refractivity (Wildman–Crippen MR) is 53.9 cm³/mol. The summed E-state index contributed by atoms with van der Waals surface area (Å²) in [6.45, 7) is 2.86. The van der Waals surface area contributed by atoms with E-state index in [-0.39, 0.29) is 5.69 Å². The van der Waals surface area contributed by atoms with Crippen LogP contribution in [0.25, 0.3) is 0 Å². The third-order valence-corrected chi connectivity index (χ3v) is 1.75. The fourth-order valence-electron chi connectivity index (χ4n) is 1.03. The maximum atomic E-state index is 10.9. The molecule has 76 valence electrons. The lowest BCUT2D eigenvalue weighted by Crippen LogP contribution is -2.17. The van der Waals surface area contributed by atoms with E-state index in [4.69, 9.17) is 5.73 Å². The van der Waals surface area contributed by atoms with Gasteiger partial charge in [-0.05, 0) is 6.42 Å². The number of aromatic nitrogens is 2. The topological polar surface area (TPSA) is 80.9 Å². The second kappa shape index (κ2) is 5.16. The molecule has 0 aromatic carbocycles. The smallest absolute Gasteiger partial charge is 0.271 e. The number of anilines is 1. The first-order chi connectivity index (χ1) is 6.75. The molecule has 14 heavy (non-hydrogen) atoms. The van der Waals surface area contributed by atoms with Crippen molar-refractivity contribution >= 4 is 11.7 Å². The Bertz CT molecular complexity index is 313. The minimum atomic E-state index is -0.558. The molecule has 3 N–H and O–H groups in total. The second-order valence-electron chi connectivity index (χ2n) is 2.90. The van der Waals surface area contributed by atoms with Gasteiger partial charge in [0.05, 0.1) is 0 Å². The molecule has 0 saturated heterocycles. The van der Waals surface area contributed by atoms with E-state index in [2.05, 4.69) is 22.2 Å². The van der Waals surface area contributed by atoms with E-state index in [9.17, 15) is 4.79 Å². The zero-order valence-corrected chi connectivity index (χ0v) is 8.16. The number of hydrogen-bond donors (Lipinski definition) is 2. The van der Waals surface area contributed by atoms with Gasteiger partial charge in [0, 0.05) is 18.9 Å². The molecule has 1 rings (SSSR count). The first-order valence-electron chi connectivity index (χ1n) is 4.60. The van der Waals surface area contributed by atoms with Crippen molar-refractivity contribution < 1.29 is 4.79 Å². The van der Waals surface area contributed by atoms with Gasteiger partial charge in [-0.2, -0.15) is 0 Å².